The van der Waals surface area contributed by atoms with Crippen molar-refractivity contribution in [3.05, 3.63) is 65.7 Å². The third kappa shape index (κ3) is 2.85. The third-order valence-corrected chi connectivity index (χ3v) is 4.31. The van der Waals surface area contributed by atoms with E-state index in [9.17, 15) is 4.79 Å². The van der Waals surface area contributed by atoms with Crippen molar-refractivity contribution in [1.82, 2.24) is 14.8 Å². The van der Waals surface area contributed by atoms with Gasteiger partial charge < -0.3 is 9.64 Å². The van der Waals surface area contributed by atoms with Crippen LogP contribution in [0.15, 0.2) is 55.1 Å². The molecule has 25 heavy (non-hydrogen) atoms. The van der Waals surface area contributed by atoms with Gasteiger partial charge >= 0.3 is 0 Å². The van der Waals surface area contributed by atoms with Crippen molar-refractivity contribution >= 4 is 23.2 Å². The average molecular weight is 355 g/mol. The number of anilines is 1. The maximum absolute atomic E-state index is 13.1. The van der Waals surface area contributed by atoms with E-state index in [2.05, 4.69) is 10.1 Å². The van der Waals surface area contributed by atoms with Crippen LogP contribution in [0.25, 0.3) is 5.69 Å². The number of carbonyl (C=O) groups excluding carboxylic acids is 1. The normalized spacial score (nSPS) is 16.2. The molecular formula is C18H15ClN4O2. The molecule has 0 spiro atoms. The number of fused-ring (bicyclic) bond motifs is 1. The van der Waals surface area contributed by atoms with Gasteiger partial charge in [-0.3, -0.25) is 4.79 Å². The third-order valence-electron chi connectivity index (χ3n) is 4.02. The standard InChI is InChI=1S/C18H15ClN4O2/c1-12-9-22(16-7-3-6-15(19)17(16)25-12)18(24)13-4-2-5-14(8-13)23-11-20-10-21-23/h2-8,10-12H,9H2,1H3/t12-/m0/s1. The fourth-order valence-electron chi connectivity index (χ4n) is 2.89. The molecule has 4 rings (SSSR count). The smallest absolute Gasteiger partial charge is 0.258 e. The Labute approximate surface area is 149 Å². The van der Waals surface area contributed by atoms with Crippen LogP contribution < -0.4 is 9.64 Å². The Bertz CT molecular complexity index is 927. The number of carbonyl (C=O) groups is 1. The molecule has 1 amide bonds. The Morgan fingerprint density at radius 3 is 2.92 bits per heavy atom. The monoisotopic (exact) mass is 354 g/mol. The highest BCUT2D eigenvalue weighted by Crippen LogP contribution is 2.39. The van der Waals surface area contributed by atoms with Crippen molar-refractivity contribution in [2.45, 2.75) is 13.0 Å². The summed E-state index contributed by atoms with van der Waals surface area (Å²) in [6.45, 7) is 2.37. The molecule has 1 aliphatic heterocycles. The van der Waals surface area contributed by atoms with Crippen molar-refractivity contribution in [2.24, 2.45) is 0 Å². The summed E-state index contributed by atoms with van der Waals surface area (Å²) in [6, 6.07) is 12.7. The van der Waals surface area contributed by atoms with Gasteiger partial charge in [0, 0.05) is 5.56 Å². The first-order chi connectivity index (χ1) is 12.1. The second kappa shape index (κ2) is 6.22. The van der Waals surface area contributed by atoms with Crippen LogP contribution in [-0.2, 0) is 0 Å². The number of nitrogens with zero attached hydrogens (tertiary/aromatic N) is 4. The molecule has 0 bridgehead atoms. The molecule has 0 fully saturated rings. The summed E-state index contributed by atoms with van der Waals surface area (Å²) in [5.41, 5.74) is 2.02. The number of amides is 1. The van der Waals surface area contributed by atoms with Crippen LogP contribution in [0.3, 0.4) is 0 Å². The first kappa shape index (κ1) is 15.7. The van der Waals surface area contributed by atoms with E-state index in [4.69, 9.17) is 16.3 Å². The second-order valence-corrected chi connectivity index (χ2v) is 6.23. The number of para-hydroxylation sites is 1. The summed E-state index contributed by atoms with van der Waals surface area (Å²) in [6.07, 6.45) is 2.90. The van der Waals surface area contributed by atoms with Crippen molar-refractivity contribution in [3.8, 4) is 11.4 Å². The van der Waals surface area contributed by atoms with Gasteiger partial charge in [-0.1, -0.05) is 23.7 Å². The zero-order valence-electron chi connectivity index (χ0n) is 13.5. The predicted molar refractivity (Wildman–Crippen MR) is 94.6 cm³/mol. The number of ether oxygens (including phenoxy) is 1. The molecule has 0 aliphatic carbocycles. The maximum Gasteiger partial charge on any atom is 0.258 e. The Kier molecular flexibility index (Phi) is 3.89. The van der Waals surface area contributed by atoms with Gasteiger partial charge in [0.15, 0.2) is 5.75 Å². The fourth-order valence-corrected chi connectivity index (χ4v) is 3.11. The number of rotatable bonds is 2. The zero-order valence-corrected chi connectivity index (χ0v) is 14.2. The fraction of sp³-hybridized carbons (Fsp3) is 0.167. The highest BCUT2D eigenvalue weighted by Gasteiger charge is 2.29. The van der Waals surface area contributed by atoms with E-state index in [0.29, 0.717) is 28.6 Å². The SMILES string of the molecule is C[C@H]1CN(C(=O)c2cccc(-n3cncn3)c2)c2cccc(Cl)c2O1. The van der Waals surface area contributed by atoms with Crippen LogP contribution >= 0.6 is 11.6 Å². The quantitative estimate of drug-likeness (QED) is 0.708. The summed E-state index contributed by atoms with van der Waals surface area (Å²) >= 11 is 6.23. The van der Waals surface area contributed by atoms with Crippen molar-refractivity contribution in [2.75, 3.05) is 11.4 Å². The molecule has 0 radical (unpaired) electrons. The van der Waals surface area contributed by atoms with E-state index in [1.54, 1.807) is 34.1 Å². The first-order valence-corrected chi connectivity index (χ1v) is 8.23. The van der Waals surface area contributed by atoms with Gasteiger partial charge in [-0.15, -0.1) is 0 Å². The Morgan fingerprint density at radius 1 is 1.28 bits per heavy atom. The summed E-state index contributed by atoms with van der Waals surface area (Å²) in [4.78, 5) is 18.8. The van der Waals surface area contributed by atoms with Crippen LogP contribution in [0.1, 0.15) is 17.3 Å². The number of hydrogen-bond acceptors (Lipinski definition) is 4. The van der Waals surface area contributed by atoms with E-state index in [1.165, 1.54) is 6.33 Å². The number of benzene rings is 2. The molecule has 0 unspecified atom stereocenters. The molecule has 0 saturated heterocycles. The Balaban J connectivity index is 1.73. The van der Waals surface area contributed by atoms with Gasteiger partial charge in [0.05, 0.1) is 22.9 Å². The van der Waals surface area contributed by atoms with Crippen molar-refractivity contribution in [3.63, 3.8) is 0 Å². The minimum atomic E-state index is -0.144. The van der Waals surface area contributed by atoms with Crippen molar-refractivity contribution in [1.29, 1.82) is 0 Å². The minimum absolute atomic E-state index is 0.111. The maximum atomic E-state index is 13.1. The van der Waals surface area contributed by atoms with Gasteiger partial charge in [-0.05, 0) is 37.3 Å². The van der Waals surface area contributed by atoms with Crippen LogP contribution in [-0.4, -0.2) is 33.3 Å². The van der Waals surface area contributed by atoms with Gasteiger partial charge in [0.1, 0.15) is 18.8 Å². The largest absolute Gasteiger partial charge is 0.485 e. The highest BCUT2D eigenvalue weighted by atomic mass is 35.5. The van der Waals surface area contributed by atoms with E-state index in [-0.39, 0.29) is 12.0 Å². The lowest BCUT2D eigenvalue weighted by atomic mass is 10.1. The van der Waals surface area contributed by atoms with E-state index in [0.717, 1.165) is 5.69 Å². The van der Waals surface area contributed by atoms with Crippen molar-refractivity contribution < 1.29 is 9.53 Å². The highest BCUT2D eigenvalue weighted by molar-refractivity contribution is 6.32. The first-order valence-electron chi connectivity index (χ1n) is 7.85. The minimum Gasteiger partial charge on any atom is -0.485 e. The molecule has 1 atom stereocenters. The van der Waals surface area contributed by atoms with E-state index < -0.39 is 0 Å². The van der Waals surface area contributed by atoms with Crippen LogP contribution in [0, 0.1) is 0 Å². The summed E-state index contributed by atoms with van der Waals surface area (Å²) in [7, 11) is 0. The lowest BCUT2D eigenvalue weighted by molar-refractivity contribution is 0.0961. The zero-order chi connectivity index (χ0) is 17.4. The molecule has 6 nitrogen and oxygen atoms in total. The van der Waals surface area contributed by atoms with Crippen LogP contribution in [0.2, 0.25) is 5.02 Å². The summed E-state index contributed by atoms with van der Waals surface area (Å²) < 4.78 is 7.43. The van der Waals surface area contributed by atoms with Gasteiger partial charge in [0.25, 0.3) is 5.91 Å². The molecule has 2 heterocycles. The predicted octanol–water partition coefficient (Wildman–Crippen LogP) is 3.35. The Morgan fingerprint density at radius 2 is 2.12 bits per heavy atom. The molecule has 7 heteroatoms. The molecule has 1 aromatic heterocycles. The molecule has 1 aliphatic rings. The summed E-state index contributed by atoms with van der Waals surface area (Å²) in [5.74, 6) is 0.435. The number of halogens is 1. The Hall–Kier alpha value is -2.86. The topological polar surface area (TPSA) is 60.2 Å². The van der Waals surface area contributed by atoms with Gasteiger partial charge in [-0.2, -0.15) is 5.10 Å². The van der Waals surface area contributed by atoms with Crippen LogP contribution in [0.4, 0.5) is 5.69 Å². The average Bonchev–Trinajstić information content (AvgIpc) is 3.16. The molecule has 0 saturated carbocycles. The molecule has 2 aromatic carbocycles. The molecular weight excluding hydrogens is 340 g/mol. The summed E-state index contributed by atoms with van der Waals surface area (Å²) in [5, 5.41) is 4.60. The lowest BCUT2D eigenvalue weighted by Crippen LogP contribution is -2.42. The van der Waals surface area contributed by atoms with E-state index in [1.807, 2.05) is 31.2 Å². The lowest BCUT2D eigenvalue weighted by Gasteiger charge is -2.34. The van der Waals surface area contributed by atoms with Crippen LogP contribution in [0.5, 0.6) is 5.75 Å². The number of aromatic nitrogens is 3. The number of hydrogen-bond donors (Lipinski definition) is 0. The second-order valence-electron chi connectivity index (χ2n) is 5.82. The molecule has 3 aromatic rings. The van der Waals surface area contributed by atoms with E-state index >= 15 is 0 Å². The van der Waals surface area contributed by atoms with Gasteiger partial charge in [0.2, 0.25) is 0 Å². The molecule has 126 valence electrons. The molecule has 0 N–H and O–H groups in total. The van der Waals surface area contributed by atoms with Gasteiger partial charge in [-0.25, -0.2) is 9.67 Å².